The molecule has 0 bridgehead atoms. The van der Waals surface area contributed by atoms with Gasteiger partial charge in [0.15, 0.2) is 0 Å². The van der Waals surface area contributed by atoms with Crippen molar-refractivity contribution in [3.8, 4) is 0 Å². The number of nitrogens with two attached hydrogens (primary N) is 1. The van der Waals surface area contributed by atoms with Crippen LogP contribution < -0.4 is 5.73 Å². The van der Waals surface area contributed by atoms with Gasteiger partial charge in [-0.1, -0.05) is 6.92 Å². The third-order valence-corrected chi connectivity index (χ3v) is 0. The van der Waals surface area contributed by atoms with E-state index in [1.54, 1.807) is 0 Å². The van der Waals surface area contributed by atoms with Gasteiger partial charge in [0.05, 0.1) is 0 Å². The quantitative estimate of drug-likeness (QED) is 0.486. The Morgan fingerprint density at radius 2 is 1.33 bits per heavy atom. The average molecular weight is 145 g/mol. The number of hydrogen-bond acceptors (Lipinski definition) is 2. The zero-order valence-corrected chi connectivity index (χ0v) is 5.44. The van der Waals surface area contributed by atoms with Gasteiger partial charge in [-0.2, -0.15) is 0 Å². The largest absolute Gasteiger partial charge is 0.762 e. The Bertz CT molecular complexity index is 30.3. The molecule has 0 spiro atoms. The van der Waals surface area contributed by atoms with Gasteiger partial charge in [-0.25, -0.2) is 0 Å². The van der Waals surface area contributed by atoms with Gasteiger partial charge in [0, 0.05) is 7.11 Å². The third-order valence-electron chi connectivity index (χ3n) is 0. The van der Waals surface area contributed by atoms with Crippen molar-refractivity contribution in [3.63, 3.8) is 0 Å². The first-order chi connectivity index (χ1) is 4.15. The predicted octanol–water partition coefficient (Wildman–Crippen LogP) is 0.453. The molecular weight excluding hydrogens is 134 g/mol. The van der Waals surface area contributed by atoms with Crippen molar-refractivity contribution in [1.29, 1.82) is 0 Å². The highest BCUT2D eigenvalue weighted by Crippen LogP contribution is 1.80. The maximum Gasteiger partial charge on any atom is 0.762 e. The summed E-state index contributed by atoms with van der Waals surface area (Å²) >= 11 is 0. The third kappa shape index (κ3) is 5120. The van der Waals surface area contributed by atoms with Crippen LogP contribution in [0.1, 0.15) is 6.92 Å². The lowest BCUT2D eigenvalue weighted by Crippen LogP contribution is -1.87. The van der Waals surface area contributed by atoms with Crippen molar-refractivity contribution in [2.45, 2.75) is 6.92 Å². The SMILES string of the molecule is CCN.CO.FB(F)F. The second-order valence-electron chi connectivity index (χ2n) is 0.656. The molecule has 0 fully saturated rings. The van der Waals surface area contributed by atoms with Crippen LogP contribution in [-0.2, 0) is 0 Å². The summed E-state index contributed by atoms with van der Waals surface area (Å²) in [5.74, 6) is 0. The van der Waals surface area contributed by atoms with Gasteiger partial charge >= 0.3 is 7.54 Å². The van der Waals surface area contributed by atoms with Gasteiger partial charge in [0.25, 0.3) is 0 Å². The molecule has 3 N–H and O–H groups in total. The van der Waals surface area contributed by atoms with Gasteiger partial charge in [-0.05, 0) is 6.54 Å². The lowest BCUT2D eigenvalue weighted by Gasteiger charge is -1.55. The van der Waals surface area contributed by atoms with E-state index in [9.17, 15) is 12.9 Å². The molecule has 0 aliphatic heterocycles. The summed E-state index contributed by atoms with van der Waals surface area (Å²) < 4.78 is 29.0. The van der Waals surface area contributed by atoms with Gasteiger partial charge in [-0.15, -0.1) is 0 Å². The molecule has 0 rings (SSSR count). The van der Waals surface area contributed by atoms with Crippen molar-refractivity contribution >= 4 is 7.54 Å². The average Bonchev–Trinajstić information content (AvgIpc) is 1.71. The highest BCUT2D eigenvalue weighted by atomic mass is 19.4. The van der Waals surface area contributed by atoms with Gasteiger partial charge in [0.2, 0.25) is 0 Å². The number of aliphatic hydroxyl groups excluding tert-OH is 1. The Kier molecular flexibility index (Phi) is 44.3. The molecule has 0 aliphatic carbocycles. The van der Waals surface area contributed by atoms with Crippen molar-refractivity contribution in [1.82, 2.24) is 0 Å². The molecule has 0 unspecified atom stereocenters. The molecule has 9 heavy (non-hydrogen) atoms. The summed E-state index contributed by atoms with van der Waals surface area (Å²) in [6.07, 6.45) is 0. The Hall–Kier alpha value is -0.225. The second-order valence-corrected chi connectivity index (χ2v) is 0.656. The van der Waals surface area contributed by atoms with Crippen LogP contribution in [0.2, 0.25) is 0 Å². The molecule has 0 aliphatic rings. The van der Waals surface area contributed by atoms with Crippen LogP contribution in [0.3, 0.4) is 0 Å². The smallest absolute Gasteiger partial charge is 0.400 e. The van der Waals surface area contributed by atoms with Crippen LogP contribution in [0.5, 0.6) is 0 Å². The minimum atomic E-state index is -3.67. The lowest BCUT2D eigenvalue weighted by molar-refractivity contribution is 0.399. The summed E-state index contributed by atoms with van der Waals surface area (Å²) in [7, 11) is -2.67. The second kappa shape index (κ2) is 25.0. The molecule has 0 aromatic carbocycles. The zero-order valence-electron chi connectivity index (χ0n) is 5.44. The van der Waals surface area contributed by atoms with Crippen LogP contribution >= 0.6 is 0 Å². The maximum atomic E-state index is 9.67. The van der Waals surface area contributed by atoms with E-state index in [0.717, 1.165) is 13.7 Å². The van der Waals surface area contributed by atoms with E-state index in [1.165, 1.54) is 0 Å². The molecule has 0 saturated carbocycles. The molecule has 58 valence electrons. The molecule has 2 nitrogen and oxygen atoms in total. The molecule has 6 heteroatoms. The van der Waals surface area contributed by atoms with E-state index in [0.29, 0.717) is 0 Å². The predicted molar refractivity (Wildman–Crippen MR) is 31.9 cm³/mol. The van der Waals surface area contributed by atoms with Crippen molar-refractivity contribution in [3.05, 3.63) is 0 Å². The normalized spacial score (nSPS) is 5.67. The van der Waals surface area contributed by atoms with Crippen LogP contribution in [0.4, 0.5) is 12.9 Å². The highest BCUT2D eigenvalue weighted by molar-refractivity contribution is 6.33. The molecule has 0 aromatic heterocycles. The summed E-state index contributed by atoms with van der Waals surface area (Å²) in [5, 5.41) is 7.00. The van der Waals surface area contributed by atoms with Crippen LogP contribution in [0.15, 0.2) is 0 Å². The Labute approximate surface area is 53.1 Å². The lowest BCUT2D eigenvalue weighted by atomic mass is 10.5. The zero-order chi connectivity index (χ0) is 8.28. The highest BCUT2D eigenvalue weighted by Gasteiger charge is 2.06. The molecule has 0 aromatic rings. The number of halogens is 3. The van der Waals surface area contributed by atoms with Crippen LogP contribution in [-0.4, -0.2) is 26.3 Å². The molecule has 0 atom stereocenters. The molecule has 0 amide bonds. The van der Waals surface area contributed by atoms with Crippen molar-refractivity contribution in [2.75, 3.05) is 13.7 Å². The summed E-state index contributed by atoms with van der Waals surface area (Å²) in [5.41, 5.74) is 4.85. The first kappa shape index (κ1) is 15.9. The molecular formula is C3H11BF3NO. The van der Waals surface area contributed by atoms with Crippen molar-refractivity contribution in [2.24, 2.45) is 5.73 Å². The molecule has 0 radical (unpaired) electrons. The monoisotopic (exact) mass is 145 g/mol. The minimum absolute atomic E-state index is 0.750. The Morgan fingerprint density at radius 3 is 1.33 bits per heavy atom. The fraction of sp³-hybridized carbons (Fsp3) is 1.00. The first-order valence-corrected chi connectivity index (χ1v) is 2.22. The van der Waals surface area contributed by atoms with Crippen LogP contribution in [0, 0.1) is 0 Å². The van der Waals surface area contributed by atoms with E-state index in [-0.39, 0.29) is 0 Å². The van der Waals surface area contributed by atoms with E-state index in [2.05, 4.69) is 0 Å². The van der Waals surface area contributed by atoms with E-state index in [1.807, 2.05) is 6.92 Å². The van der Waals surface area contributed by atoms with E-state index < -0.39 is 7.54 Å². The van der Waals surface area contributed by atoms with Crippen LogP contribution in [0.25, 0.3) is 0 Å². The summed E-state index contributed by atoms with van der Waals surface area (Å²) in [6.45, 7) is 2.65. The van der Waals surface area contributed by atoms with Gasteiger partial charge in [-0.3, -0.25) is 12.9 Å². The Balaban J connectivity index is -0.0000000646. The van der Waals surface area contributed by atoms with Gasteiger partial charge < -0.3 is 10.8 Å². The maximum absolute atomic E-state index is 9.67. The minimum Gasteiger partial charge on any atom is -0.400 e. The molecule has 0 heterocycles. The summed E-state index contributed by atoms with van der Waals surface area (Å²) in [4.78, 5) is 0. The topological polar surface area (TPSA) is 46.2 Å². The number of aliphatic hydroxyl groups is 1. The number of rotatable bonds is 0. The summed E-state index contributed by atoms with van der Waals surface area (Å²) in [6, 6.07) is 0. The van der Waals surface area contributed by atoms with E-state index >= 15 is 0 Å². The first-order valence-electron chi connectivity index (χ1n) is 2.22. The number of hydrogen-bond donors (Lipinski definition) is 2. The Morgan fingerprint density at radius 1 is 1.33 bits per heavy atom. The molecule has 0 saturated heterocycles. The van der Waals surface area contributed by atoms with Gasteiger partial charge in [0.1, 0.15) is 0 Å². The standard InChI is InChI=1S/C2H7N.CH4O.BF3/c1-2-3;1-2;2-1(3)4/h2-3H2,1H3;2H,1H3;. The fourth-order valence-corrected chi connectivity index (χ4v) is 0. The fourth-order valence-electron chi connectivity index (χ4n) is 0. The van der Waals surface area contributed by atoms with E-state index in [4.69, 9.17) is 10.8 Å². The van der Waals surface area contributed by atoms with Crippen molar-refractivity contribution < 1.29 is 18.1 Å².